The molecule has 4 nitrogen and oxygen atoms in total. The maximum Gasteiger partial charge on any atom is 0.338 e. The molecule has 0 aromatic heterocycles. The second kappa shape index (κ2) is 5.91. The molecule has 0 amide bonds. The van der Waals surface area contributed by atoms with Crippen LogP contribution in [0.5, 0.6) is 0 Å². The molecule has 2 saturated heterocycles. The van der Waals surface area contributed by atoms with Gasteiger partial charge in [0.2, 0.25) is 0 Å². The second-order valence-electron chi connectivity index (χ2n) is 7.99. The van der Waals surface area contributed by atoms with Crippen molar-refractivity contribution in [3.8, 4) is 0 Å². The number of likely N-dealkylation sites (tertiary alicyclic amines) is 1. The zero-order valence-corrected chi connectivity index (χ0v) is 14.5. The van der Waals surface area contributed by atoms with E-state index in [-0.39, 0.29) is 23.2 Å². The van der Waals surface area contributed by atoms with E-state index in [0.717, 1.165) is 26.0 Å². The molecule has 0 spiro atoms. The van der Waals surface area contributed by atoms with Gasteiger partial charge in [-0.15, -0.1) is 0 Å². The van der Waals surface area contributed by atoms with E-state index in [1.807, 2.05) is 18.2 Å². The van der Waals surface area contributed by atoms with Crippen LogP contribution in [0.3, 0.4) is 0 Å². The highest BCUT2D eigenvalue weighted by Gasteiger charge is 2.48. The maximum absolute atomic E-state index is 12.3. The van der Waals surface area contributed by atoms with Crippen LogP contribution in [0.2, 0.25) is 0 Å². The monoisotopic (exact) mass is 317 g/mol. The second-order valence-corrected chi connectivity index (χ2v) is 7.99. The number of nitrogens with zero attached hydrogens (tertiary/aromatic N) is 1. The van der Waals surface area contributed by atoms with Crippen LogP contribution in [0.15, 0.2) is 30.3 Å². The van der Waals surface area contributed by atoms with Crippen LogP contribution in [0, 0.1) is 0 Å². The molecule has 1 unspecified atom stereocenters. The predicted molar refractivity (Wildman–Crippen MR) is 89.5 cm³/mol. The maximum atomic E-state index is 12.3. The van der Waals surface area contributed by atoms with E-state index in [9.17, 15) is 4.79 Å². The van der Waals surface area contributed by atoms with Gasteiger partial charge in [0.25, 0.3) is 0 Å². The van der Waals surface area contributed by atoms with Gasteiger partial charge in [0.05, 0.1) is 18.3 Å². The van der Waals surface area contributed by atoms with Crippen molar-refractivity contribution in [1.29, 1.82) is 0 Å². The highest BCUT2D eigenvalue weighted by Crippen LogP contribution is 2.40. The van der Waals surface area contributed by atoms with Crippen molar-refractivity contribution >= 4 is 5.97 Å². The highest BCUT2D eigenvalue weighted by atomic mass is 16.6. The Labute approximate surface area is 138 Å². The van der Waals surface area contributed by atoms with Crippen molar-refractivity contribution in [2.75, 3.05) is 13.2 Å². The van der Waals surface area contributed by atoms with Gasteiger partial charge in [0, 0.05) is 30.5 Å². The lowest BCUT2D eigenvalue weighted by Crippen LogP contribution is -2.63. The van der Waals surface area contributed by atoms with Gasteiger partial charge in [0.15, 0.2) is 0 Å². The van der Waals surface area contributed by atoms with Crippen LogP contribution in [0.4, 0.5) is 0 Å². The fraction of sp³-hybridized carbons (Fsp3) is 0.632. The third kappa shape index (κ3) is 3.75. The summed E-state index contributed by atoms with van der Waals surface area (Å²) in [6.07, 6.45) is 2.02. The summed E-state index contributed by atoms with van der Waals surface area (Å²) in [6.45, 7) is 10.8. The summed E-state index contributed by atoms with van der Waals surface area (Å²) in [5.74, 6) is -0.221. The van der Waals surface area contributed by atoms with Crippen molar-refractivity contribution in [2.45, 2.75) is 63.8 Å². The van der Waals surface area contributed by atoms with Gasteiger partial charge in [-0.3, -0.25) is 4.90 Å². The fourth-order valence-electron chi connectivity index (χ4n) is 3.97. The molecule has 2 heterocycles. The van der Waals surface area contributed by atoms with Crippen LogP contribution < -0.4 is 0 Å². The summed E-state index contributed by atoms with van der Waals surface area (Å²) in [7, 11) is 0. The van der Waals surface area contributed by atoms with E-state index in [4.69, 9.17) is 9.47 Å². The molecular formula is C19H27NO3. The molecule has 0 bridgehead atoms. The number of carbonyl (C=O) groups is 1. The van der Waals surface area contributed by atoms with Crippen molar-refractivity contribution in [1.82, 2.24) is 4.90 Å². The first-order valence-corrected chi connectivity index (χ1v) is 8.43. The minimum Gasteiger partial charge on any atom is -0.459 e. The van der Waals surface area contributed by atoms with Gasteiger partial charge in [-0.2, -0.15) is 0 Å². The standard InChI is InChI=1S/C19H27NO3/c1-18(2)10-15(23-17(21)14-8-6-5-7-9-14)11-19(3,4)20(18)12-16-13-22-16/h5-9,15-16H,10-13H2,1-4H3. The molecule has 1 aromatic carbocycles. The zero-order chi connectivity index (χ0) is 16.7. The largest absolute Gasteiger partial charge is 0.459 e. The molecule has 1 aromatic rings. The molecule has 1 atom stereocenters. The minimum atomic E-state index is -0.221. The van der Waals surface area contributed by atoms with E-state index in [2.05, 4.69) is 32.6 Å². The normalized spacial score (nSPS) is 26.7. The van der Waals surface area contributed by atoms with Crippen molar-refractivity contribution in [2.24, 2.45) is 0 Å². The fourth-order valence-corrected chi connectivity index (χ4v) is 3.97. The Kier molecular flexibility index (Phi) is 4.23. The van der Waals surface area contributed by atoms with Crippen LogP contribution in [-0.2, 0) is 9.47 Å². The van der Waals surface area contributed by atoms with E-state index in [0.29, 0.717) is 11.7 Å². The molecule has 0 aliphatic carbocycles. The summed E-state index contributed by atoms with van der Waals surface area (Å²) in [5, 5.41) is 0. The van der Waals surface area contributed by atoms with Gasteiger partial charge < -0.3 is 9.47 Å². The lowest BCUT2D eigenvalue weighted by atomic mass is 9.78. The van der Waals surface area contributed by atoms with Gasteiger partial charge in [-0.1, -0.05) is 18.2 Å². The number of esters is 1. The van der Waals surface area contributed by atoms with Crippen molar-refractivity contribution in [3.63, 3.8) is 0 Å². The van der Waals surface area contributed by atoms with E-state index in [1.54, 1.807) is 12.1 Å². The Bertz CT molecular complexity index is 545. The summed E-state index contributed by atoms with van der Waals surface area (Å²) >= 11 is 0. The molecule has 4 heteroatoms. The first kappa shape index (κ1) is 16.5. The SMILES string of the molecule is CC1(C)CC(OC(=O)c2ccccc2)CC(C)(C)N1CC1CO1. The molecule has 0 N–H and O–H groups in total. The average molecular weight is 317 g/mol. The predicted octanol–water partition coefficient (Wildman–Crippen LogP) is 3.26. The van der Waals surface area contributed by atoms with Crippen LogP contribution in [-0.4, -0.2) is 47.3 Å². The summed E-state index contributed by atoms with van der Waals surface area (Å²) in [6, 6.07) is 9.24. The molecule has 0 saturated carbocycles. The smallest absolute Gasteiger partial charge is 0.338 e. The Balaban J connectivity index is 1.69. The quantitative estimate of drug-likeness (QED) is 0.631. The lowest BCUT2D eigenvalue weighted by molar-refractivity contribution is -0.0891. The number of carbonyl (C=O) groups excluding carboxylic acids is 1. The first-order chi connectivity index (χ1) is 10.8. The number of rotatable bonds is 4. The van der Waals surface area contributed by atoms with E-state index >= 15 is 0 Å². The number of epoxide rings is 1. The summed E-state index contributed by atoms with van der Waals surface area (Å²) < 4.78 is 11.2. The number of piperidine rings is 1. The molecular weight excluding hydrogens is 290 g/mol. The highest BCUT2D eigenvalue weighted by molar-refractivity contribution is 5.89. The average Bonchev–Trinajstić information content (AvgIpc) is 3.27. The van der Waals surface area contributed by atoms with Crippen LogP contribution >= 0.6 is 0 Å². The molecule has 2 aliphatic heterocycles. The molecule has 2 aliphatic rings. The Morgan fingerprint density at radius 3 is 2.26 bits per heavy atom. The summed E-state index contributed by atoms with van der Waals surface area (Å²) in [5.41, 5.74) is 0.585. The Hall–Kier alpha value is -1.39. The van der Waals surface area contributed by atoms with Gasteiger partial charge in [-0.05, 0) is 39.8 Å². The minimum absolute atomic E-state index is 0.0185. The number of hydrogen-bond acceptors (Lipinski definition) is 4. The van der Waals surface area contributed by atoms with Crippen molar-refractivity contribution in [3.05, 3.63) is 35.9 Å². The number of hydrogen-bond donors (Lipinski definition) is 0. The third-order valence-electron chi connectivity index (χ3n) is 4.99. The van der Waals surface area contributed by atoms with E-state index < -0.39 is 0 Å². The topological polar surface area (TPSA) is 42.1 Å². The molecule has 2 fully saturated rings. The van der Waals surface area contributed by atoms with Crippen molar-refractivity contribution < 1.29 is 14.3 Å². The third-order valence-corrected chi connectivity index (χ3v) is 4.99. The molecule has 23 heavy (non-hydrogen) atoms. The van der Waals surface area contributed by atoms with Crippen LogP contribution in [0.25, 0.3) is 0 Å². The number of ether oxygens (including phenoxy) is 2. The molecule has 3 rings (SSSR count). The molecule has 126 valence electrons. The van der Waals surface area contributed by atoms with Gasteiger partial charge >= 0.3 is 5.97 Å². The lowest BCUT2D eigenvalue weighted by Gasteiger charge is -2.54. The van der Waals surface area contributed by atoms with Crippen LogP contribution in [0.1, 0.15) is 50.9 Å². The number of benzene rings is 1. The van der Waals surface area contributed by atoms with Gasteiger partial charge in [-0.25, -0.2) is 4.79 Å². The Morgan fingerprint density at radius 1 is 1.17 bits per heavy atom. The Morgan fingerprint density at radius 2 is 1.74 bits per heavy atom. The summed E-state index contributed by atoms with van der Waals surface area (Å²) in [4.78, 5) is 14.9. The van der Waals surface area contributed by atoms with Gasteiger partial charge in [0.1, 0.15) is 6.10 Å². The molecule has 0 radical (unpaired) electrons. The zero-order valence-electron chi connectivity index (χ0n) is 14.5. The van der Waals surface area contributed by atoms with E-state index in [1.165, 1.54) is 0 Å². The first-order valence-electron chi connectivity index (χ1n) is 8.43.